The van der Waals surface area contributed by atoms with Gasteiger partial charge in [-0.25, -0.2) is 4.98 Å². The fourth-order valence-electron chi connectivity index (χ4n) is 2.51. The van der Waals surface area contributed by atoms with Crippen LogP contribution >= 0.6 is 11.3 Å². The van der Waals surface area contributed by atoms with Gasteiger partial charge in [0.25, 0.3) is 0 Å². The molecule has 0 aliphatic carbocycles. The summed E-state index contributed by atoms with van der Waals surface area (Å²) in [6.07, 6.45) is -3.00. The monoisotopic (exact) mass is 351 g/mol. The third-order valence-electron chi connectivity index (χ3n) is 4.15. The van der Waals surface area contributed by atoms with Crippen molar-refractivity contribution in [1.82, 2.24) is 10.3 Å². The number of thiazole rings is 1. The summed E-state index contributed by atoms with van der Waals surface area (Å²) in [5, 5.41) is 4.04. The van der Waals surface area contributed by atoms with Gasteiger partial charge in [-0.2, -0.15) is 13.2 Å². The molecule has 1 aliphatic rings. The number of amides is 1. The van der Waals surface area contributed by atoms with Crippen LogP contribution in [0.4, 0.5) is 13.2 Å². The molecule has 1 unspecified atom stereocenters. The number of nitrogens with two attached hydrogens (primary N) is 1. The number of ether oxygens (including phenoxy) is 1. The van der Waals surface area contributed by atoms with Crippen LogP contribution in [0.2, 0.25) is 0 Å². The number of halogens is 3. The van der Waals surface area contributed by atoms with E-state index in [1.54, 1.807) is 6.92 Å². The number of carbonyl (C=O) groups excluding carboxylic acids is 1. The summed E-state index contributed by atoms with van der Waals surface area (Å²) in [5.74, 6) is -0.237. The standard InChI is InChI=1S/C14H20F3N3O2S/c1-2-9(11-20-10(7-23-11)14(15,16)17)19-12(21)13(8-18)3-5-22-6-4-13/h7,9H,2-6,8,18H2,1H3,(H,19,21). The first-order chi connectivity index (χ1) is 10.8. The quantitative estimate of drug-likeness (QED) is 0.854. The zero-order chi connectivity index (χ0) is 17.1. The van der Waals surface area contributed by atoms with Crippen LogP contribution in [0.25, 0.3) is 0 Å². The Hall–Kier alpha value is -1.19. The van der Waals surface area contributed by atoms with Gasteiger partial charge in [-0.1, -0.05) is 6.92 Å². The Bertz CT molecular complexity index is 542. The second kappa shape index (κ2) is 7.14. The number of hydrogen-bond acceptors (Lipinski definition) is 5. The van der Waals surface area contributed by atoms with Gasteiger partial charge in [0.05, 0.1) is 11.5 Å². The van der Waals surface area contributed by atoms with Gasteiger partial charge in [0.15, 0.2) is 5.69 Å². The van der Waals surface area contributed by atoms with Crippen LogP contribution in [0, 0.1) is 5.41 Å². The lowest BCUT2D eigenvalue weighted by Gasteiger charge is -2.35. The summed E-state index contributed by atoms with van der Waals surface area (Å²) in [5.41, 5.74) is 4.14. The Morgan fingerprint density at radius 2 is 2.17 bits per heavy atom. The largest absolute Gasteiger partial charge is 0.434 e. The summed E-state index contributed by atoms with van der Waals surface area (Å²) in [7, 11) is 0. The Morgan fingerprint density at radius 3 is 2.65 bits per heavy atom. The van der Waals surface area contributed by atoms with Crippen LogP contribution < -0.4 is 11.1 Å². The number of nitrogens with zero attached hydrogens (tertiary/aromatic N) is 1. The van der Waals surface area contributed by atoms with E-state index >= 15 is 0 Å². The Labute approximate surface area is 136 Å². The number of alkyl halides is 3. The van der Waals surface area contributed by atoms with Crippen molar-refractivity contribution in [1.29, 1.82) is 0 Å². The van der Waals surface area contributed by atoms with E-state index in [0.29, 0.717) is 32.5 Å². The highest BCUT2D eigenvalue weighted by atomic mass is 32.1. The summed E-state index contributed by atoms with van der Waals surface area (Å²) < 4.78 is 43.3. The molecule has 3 N–H and O–H groups in total. The van der Waals surface area contributed by atoms with Crippen LogP contribution in [0.1, 0.15) is 42.9 Å². The third kappa shape index (κ3) is 4.02. The second-order valence-electron chi connectivity index (χ2n) is 5.60. The fraction of sp³-hybridized carbons (Fsp3) is 0.714. The first kappa shape index (κ1) is 18.2. The molecule has 1 aliphatic heterocycles. The maximum atomic E-state index is 12.7. The van der Waals surface area contributed by atoms with E-state index in [9.17, 15) is 18.0 Å². The van der Waals surface area contributed by atoms with Gasteiger partial charge >= 0.3 is 6.18 Å². The Balaban J connectivity index is 2.12. The lowest BCUT2D eigenvalue weighted by atomic mass is 9.79. The summed E-state index contributed by atoms with van der Waals surface area (Å²) in [6.45, 7) is 2.89. The first-order valence-corrected chi connectivity index (χ1v) is 8.32. The van der Waals surface area contributed by atoms with E-state index in [1.807, 2.05) is 0 Å². The van der Waals surface area contributed by atoms with E-state index in [1.165, 1.54) is 0 Å². The fourth-order valence-corrected chi connectivity index (χ4v) is 3.47. The highest BCUT2D eigenvalue weighted by molar-refractivity contribution is 7.09. The molecule has 1 atom stereocenters. The number of carbonyl (C=O) groups is 1. The van der Waals surface area contributed by atoms with Crippen molar-refractivity contribution in [2.45, 2.75) is 38.4 Å². The summed E-state index contributed by atoms with van der Waals surface area (Å²) in [6, 6.07) is -0.546. The average Bonchev–Trinajstić information content (AvgIpc) is 3.03. The molecule has 1 fully saturated rings. The number of hydrogen-bond donors (Lipinski definition) is 2. The molecule has 0 radical (unpaired) electrons. The van der Waals surface area contributed by atoms with Gasteiger partial charge < -0.3 is 15.8 Å². The van der Waals surface area contributed by atoms with Crippen LogP contribution in [0.15, 0.2) is 5.38 Å². The number of aromatic nitrogens is 1. The molecule has 23 heavy (non-hydrogen) atoms. The maximum absolute atomic E-state index is 12.7. The van der Waals surface area contributed by atoms with Crippen molar-refractivity contribution in [2.24, 2.45) is 11.1 Å². The zero-order valence-electron chi connectivity index (χ0n) is 12.8. The van der Waals surface area contributed by atoms with Gasteiger partial charge in [-0.3, -0.25) is 4.79 Å². The predicted molar refractivity (Wildman–Crippen MR) is 79.8 cm³/mol. The minimum atomic E-state index is -4.48. The van der Waals surface area contributed by atoms with Gasteiger partial charge in [0.2, 0.25) is 5.91 Å². The van der Waals surface area contributed by atoms with E-state index in [0.717, 1.165) is 16.7 Å². The molecule has 0 saturated carbocycles. The van der Waals surface area contributed by atoms with Crippen molar-refractivity contribution in [3.8, 4) is 0 Å². The Morgan fingerprint density at radius 1 is 1.52 bits per heavy atom. The van der Waals surface area contributed by atoms with Crippen molar-refractivity contribution in [3.05, 3.63) is 16.1 Å². The molecular formula is C14H20F3N3O2S. The average molecular weight is 351 g/mol. The van der Waals surface area contributed by atoms with Crippen molar-refractivity contribution in [3.63, 3.8) is 0 Å². The number of nitrogens with one attached hydrogen (secondary N) is 1. The lowest BCUT2D eigenvalue weighted by molar-refractivity contribution is -0.140. The van der Waals surface area contributed by atoms with E-state index in [2.05, 4.69) is 10.3 Å². The summed E-state index contributed by atoms with van der Waals surface area (Å²) >= 11 is 0.902. The molecule has 1 amide bonds. The van der Waals surface area contributed by atoms with Crippen LogP contribution in [-0.4, -0.2) is 30.6 Å². The first-order valence-electron chi connectivity index (χ1n) is 7.44. The maximum Gasteiger partial charge on any atom is 0.434 e. The molecule has 1 aromatic rings. The predicted octanol–water partition coefficient (Wildman–Crippen LogP) is 2.48. The second-order valence-corrected chi connectivity index (χ2v) is 6.49. The molecule has 0 spiro atoms. The van der Waals surface area contributed by atoms with Crippen molar-refractivity contribution in [2.75, 3.05) is 19.8 Å². The third-order valence-corrected chi connectivity index (χ3v) is 5.10. The molecule has 130 valence electrons. The van der Waals surface area contributed by atoms with Crippen LogP contribution in [-0.2, 0) is 15.7 Å². The topological polar surface area (TPSA) is 77.2 Å². The van der Waals surface area contributed by atoms with E-state index in [4.69, 9.17) is 10.5 Å². The zero-order valence-corrected chi connectivity index (χ0v) is 13.6. The smallest absolute Gasteiger partial charge is 0.381 e. The number of rotatable bonds is 5. The highest BCUT2D eigenvalue weighted by Crippen LogP contribution is 2.34. The minimum Gasteiger partial charge on any atom is -0.381 e. The van der Waals surface area contributed by atoms with Gasteiger partial charge in [0.1, 0.15) is 5.01 Å². The Kier molecular flexibility index (Phi) is 5.64. The van der Waals surface area contributed by atoms with E-state index in [-0.39, 0.29) is 17.5 Å². The van der Waals surface area contributed by atoms with Crippen LogP contribution in [0.5, 0.6) is 0 Å². The van der Waals surface area contributed by atoms with Gasteiger partial charge in [-0.05, 0) is 19.3 Å². The van der Waals surface area contributed by atoms with Crippen molar-refractivity contribution < 1.29 is 22.7 Å². The molecule has 5 nitrogen and oxygen atoms in total. The molecule has 9 heteroatoms. The molecule has 0 aromatic carbocycles. The normalized spacial score (nSPS) is 19.3. The molecule has 2 rings (SSSR count). The molecule has 1 saturated heterocycles. The van der Waals surface area contributed by atoms with E-state index < -0.39 is 23.3 Å². The molecule has 1 aromatic heterocycles. The lowest BCUT2D eigenvalue weighted by Crippen LogP contribution is -2.49. The van der Waals surface area contributed by atoms with Gasteiger partial charge in [0, 0.05) is 25.1 Å². The van der Waals surface area contributed by atoms with Crippen LogP contribution in [0.3, 0.4) is 0 Å². The van der Waals surface area contributed by atoms with Crippen molar-refractivity contribution >= 4 is 17.2 Å². The highest BCUT2D eigenvalue weighted by Gasteiger charge is 2.40. The molecular weight excluding hydrogens is 331 g/mol. The molecule has 0 bridgehead atoms. The van der Waals surface area contributed by atoms with Gasteiger partial charge in [-0.15, -0.1) is 11.3 Å². The molecule has 2 heterocycles. The SMILES string of the molecule is CCC(NC(=O)C1(CN)CCOCC1)c1nc(C(F)(F)F)cs1. The summed E-state index contributed by atoms with van der Waals surface area (Å²) in [4.78, 5) is 16.2. The minimum absolute atomic E-state index is 0.185.